The van der Waals surface area contributed by atoms with Gasteiger partial charge in [-0.25, -0.2) is 5.01 Å². The van der Waals surface area contributed by atoms with Crippen molar-refractivity contribution in [2.24, 2.45) is 0 Å². The van der Waals surface area contributed by atoms with E-state index in [2.05, 4.69) is 5.43 Å². The third kappa shape index (κ3) is 3.06. The molecule has 1 aliphatic heterocycles. The van der Waals surface area contributed by atoms with Crippen molar-refractivity contribution in [1.29, 1.82) is 0 Å². The minimum Gasteiger partial charge on any atom is -0.502 e. The quantitative estimate of drug-likeness (QED) is 0.649. The first-order valence-corrected chi connectivity index (χ1v) is 7.83. The van der Waals surface area contributed by atoms with Crippen molar-refractivity contribution in [3.8, 4) is 17.2 Å². The minimum atomic E-state index is -0.512. The molecule has 1 fully saturated rings. The van der Waals surface area contributed by atoms with Gasteiger partial charge in [0, 0.05) is 0 Å². The van der Waals surface area contributed by atoms with Gasteiger partial charge in [0.15, 0.2) is 11.5 Å². The number of benzene rings is 2. The van der Waals surface area contributed by atoms with Crippen LogP contribution in [0.25, 0.3) is 6.08 Å². The summed E-state index contributed by atoms with van der Waals surface area (Å²) in [7, 11) is 2.80. The molecular weight excluding hydrogens is 336 g/mol. The zero-order valence-electron chi connectivity index (χ0n) is 14.6. The Hall–Kier alpha value is -3.48. The van der Waals surface area contributed by atoms with Crippen LogP contribution in [0, 0.1) is 6.92 Å². The summed E-state index contributed by atoms with van der Waals surface area (Å²) in [6, 6.07) is 10.2. The van der Waals surface area contributed by atoms with Crippen molar-refractivity contribution in [1.82, 2.24) is 5.43 Å². The first kappa shape index (κ1) is 17.3. The molecule has 1 saturated heterocycles. The number of hydrazine groups is 1. The largest absolute Gasteiger partial charge is 0.502 e. The molecule has 0 unspecified atom stereocenters. The van der Waals surface area contributed by atoms with Crippen LogP contribution in [0.5, 0.6) is 17.2 Å². The topological polar surface area (TPSA) is 88.1 Å². The molecule has 0 saturated carbocycles. The van der Waals surface area contributed by atoms with Gasteiger partial charge in [0.1, 0.15) is 5.57 Å². The number of aryl methyl sites for hydroxylation is 1. The fourth-order valence-corrected chi connectivity index (χ4v) is 2.60. The SMILES string of the molecule is COc1cc(/C=C2/C(=O)NN(c3ccc(C)cc3)C2=O)cc(OC)c1O. The molecule has 134 valence electrons. The van der Waals surface area contributed by atoms with Crippen molar-refractivity contribution >= 4 is 23.6 Å². The molecule has 0 aliphatic carbocycles. The second-order valence-electron chi connectivity index (χ2n) is 5.75. The van der Waals surface area contributed by atoms with Gasteiger partial charge in [-0.2, -0.15) is 0 Å². The van der Waals surface area contributed by atoms with E-state index in [0.29, 0.717) is 11.3 Å². The number of phenolic OH excluding ortho intramolecular Hbond substituents is 1. The molecule has 26 heavy (non-hydrogen) atoms. The number of nitrogens with zero attached hydrogens (tertiary/aromatic N) is 1. The lowest BCUT2D eigenvalue weighted by atomic mass is 10.1. The smallest absolute Gasteiger partial charge is 0.282 e. The van der Waals surface area contributed by atoms with Gasteiger partial charge in [-0.3, -0.25) is 15.0 Å². The third-order valence-electron chi connectivity index (χ3n) is 4.00. The number of amides is 2. The number of carbonyl (C=O) groups is 2. The highest BCUT2D eigenvalue weighted by atomic mass is 16.5. The highest BCUT2D eigenvalue weighted by Crippen LogP contribution is 2.38. The molecular formula is C19H18N2O5. The summed E-state index contributed by atoms with van der Waals surface area (Å²) < 4.78 is 10.2. The van der Waals surface area contributed by atoms with E-state index in [-0.39, 0.29) is 22.8 Å². The summed E-state index contributed by atoms with van der Waals surface area (Å²) >= 11 is 0. The Morgan fingerprint density at radius 1 is 1.04 bits per heavy atom. The molecule has 0 bridgehead atoms. The Balaban J connectivity index is 1.97. The Morgan fingerprint density at radius 2 is 1.62 bits per heavy atom. The van der Waals surface area contributed by atoms with Crippen LogP contribution < -0.4 is 19.9 Å². The van der Waals surface area contributed by atoms with Crippen LogP contribution in [-0.4, -0.2) is 31.1 Å². The van der Waals surface area contributed by atoms with Gasteiger partial charge in [-0.15, -0.1) is 0 Å². The van der Waals surface area contributed by atoms with E-state index in [1.54, 1.807) is 12.1 Å². The highest BCUT2D eigenvalue weighted by molar-refractivity contribution is 6.31. The fraction of sp³-hybridized carbons (Fsp3) is 0.158. The summed E-state index contributed by atoms with van der Waals surface area (Å²) in [6.45, 7) is 1.94. The number of carbonyl (C=O) groups excluding carboxylic acids is 2. The summed E-state index contributed by atoms with van der Waals surface area (Å²) in [5.41, 5.74) is 4.62. The molecule has 0 aromatic heterocycles. The average molecular weight is 354 g/mol. The minimum absolute atomic E-state index is 0.0274. The van der Waals surface area contributed by atoms with Crippen molar-refractivity contribution < 1.29 is 24.2 Å². The number of rotatable bonds is 4. The Kier molecular flexibility index (Phi) is 4.53. The maximum Gasteiger partial charge on any atom is 0.282 e. The summed E-state index contributed by atoms with van der Waals surface area (Å²) in [5, 5.41) is 11.2. The van der Waals surface area contributed by atoms with Crippen molar-refractivity contribution in [3.63, 3.8) is 0 Å². The van der Waals surface area contributed by atoms with Gasteiger partial charge in [0.25, 0.3) is 11.8 Å². The summed E-state index contributed by atoms with van der Waals surface area (Å²) in [5.74, 6) is -0.776. The number of methoxy groups -OCH3 is 2. The lowest BCUT2D eigenvalue weighted by Crippen LogP contribution is -2.35. The van der Waals surface area contributed by atoms with E-state index >= 15 is 0 Å². The predicted molar refractivity (Wildman–Crippen MR) is 96.0 cm³/mol. The van der Waals surface area contributed by atoms with Crippen LogP contribution in [0.1, 0.15) is 11.1 Å². The number of aromatic hydroxyl groups is 1. The molecule has 1 aliphatic rings. The molecule has 2 N–H and O–H groups in total. The molecule has 2 aromatic carbocycles. The number of phenols is 1. The molecule has 0 radical (unpaired) electrons. The maximum atomic E-state index is 12.6. The second-order valence-corrected chi connectivity index (χ2v) is 5.75. The average Bonchev–Trinajstić information content (AvgIpc) is 2.91. The normalized spacial score (nSPS) is 15.3. The lowest BCUT2D eigenvalue weighted by Gasteiger charge is -2.14. The molecule has 2 aromatic rings. The van der Waals surface area contributed by atoms with E-state index in [1.807, 2.05) is 19.1 Å². The molecule has 1 heterocycles. The standard InChI is InChI=1S/C19H18N2O5/c1-11-4-6-13(7-5-11)21-19(24)14(18(23)20-21)8-12-9-15(25-2)17(22)16(10-12)26-3/h4-10,22H,1-3H3,(H,20,23)/b14-8-. The van der Waals surface area contributed by atoms with Gasteiger partial charge >= 0.3 is 0 Å². The summed E-state index contributed by atoms with van der Waals surface area (Å²) in [4.78, 5) is 24.9. The number of anilines is 1. The van der Waals surface area contributed by atoms with E-state index in [4.69, 9.17) is 9.47 Å². The zero-order valence-corrected chi connectivity index (χ0v) is 14.6. The van der Waals surface area contributed by atoms with Gasteiger partial charge in [0.05, 0.1) is 19.9 Å². The number of hydrogen-bond acceptors (Lipinski definition) is 5. The molecule has 3 rings (SSSR count). The lowest BCUT2D eigenvalue weighted by molar-refractivity contribution is -0.117. The highest BCUT2D eigenvalue weighted by Gasteiger charge is 2.34. The van der Waals surface area contributed by atoms with E-state index in [9.17, 15) is 14.7 Å². The van der Waals surface area contributed by atoms with Crippen molar-refractivity contribution in [2.45, 2.75) is 6.92 Å². The molecule has 7 nitrogen and oxygen atoms in total. The van der Waals surface area contributed by atoms with E-state index < -0.39 is 11.8 Å². The molecule has 0 spiro atoms. The molecule has 7 heteroatoms. The number of hydrogen-bond donors (Lipinski definition) is 2. The van der Waals surface area contributed by atoms with Gasteiger partial charge in [-0.05, 0) is 42.8 Å². The van der Waals surface area contributed by atoms with Gasteiger partial charge in [-0.1, -0.05) is 17.7 Å². The molecule has 0 atom stereocenters. The second kappa shape index (κ2) is 6.79. The third-order valence-corrected chi connectivity index (χ3v) is 4.00. The van der Waals surface area contributed by atoms with Crippen LogP contribution in [0.15, 0.2) is 42.0 Å². The van der Waals surface area contributed by atoms with Crippen molar-refractivity contribution in [3.05, 3.63) is 53.1 Å². The fourth-order valence-electron chi connectivity index (χ4n) is 2.60. The maximum absolute atomic E-state index is 12.6. The van der Waals surface area contributed by atoms with Crippen LogP contribution >= 0.6 is 0 Å². The number of nitrogens with one attached hydrogen (secondary N) is 1. The van der Waals surface area contributed by atoms with Crippen LogP contribution in [-0.2, 0) is 9.59 Å². The first-order valence-electron chi connectivity index (χ1n) is 7.83. The Labute approximate surface area is 150 Å². The first-order chi connectivity index (χ1) is 12.4. The van der Waals surface area contributed by atoms with Crippen molar-refractivity contribution in [2.75, 3.05) is 19.2 Å². The van der Waals surface area contributed by atoms with Gasteiger partial charge < -0.3 is 14.6 Å². The van der Waals surface area contributed by atoms with Crippen LogP contribution in [0.2, 0.25) is 0 Å². The molecule has 2 amide bonds. The van der Waals surface area contributed by atoms with E-state index in [0.717, 1.165) is 5.56 Å². The van der Waals surface area contributed by atoms with Crippen LogP contribution in [0.4, 0.5) is 5.69 Å². The summed E-state index contributed by atoms with van der Waals surface area (Å²) in [6.07, 6.45) is 1.43. The Morgan fingerprint density at radius 3 is 2.15 bits per heavy atom. The van der Waals surface area contributed by atoms with Gasteiger partial charge in [0.2, 0.25) is 5.75 Å². The Bertz CT molecular complexity index is 878. The van der Waals surface area contributed by atoms with E-state index in [1.165, 1.54) is 37.4 Å². The monoisotopic (exact) mass is 354 g/mol. The zero-order chi connectivity index (χ0) is 18.8. The predicted octanol–water partition coefficient (Wildman–Crippen LogP) is 2.18. The number of ether oxygens (including phenoxy) is 2. The van der Waals surface area contributed by atoms with Crippen LogP contribution in [0.3, 0.4) is 0 Å².